The maximum Gasteiger partial charge on any atom is 0.306 e. The van der Waals surface area contributed by atoms with Gasteiger partial charge in [0.05, 0.1) is 18.4 Å². The normalized spacial score (nSPS) is 11.9. The standard InChI is InChI=1S/C14H20FNO4S/c1-11(2)10-16(9-8-14(17)20-3)21(18,19)13-6-4-12(15)5-7-13/h4-7,11H,8-10H2,1-3H3. The molecule has 0 fully saturated rings. The van der Waals surface area contributed by atoms with E-state index in [0.29, 0.717) is 0 Å². The molecule has 7 heteroatoms. The molecule has 0 aliphatic carbocycles. The van der Waals surface area contributed by atoms with Crippen LogP contribution in [0.5, 0.6) is 0 Å². The zero-order chi connectivity index (χ0) is 16.0. The van der Waals surface area contributed by atoms with E-state index in [9.17, 15) is 17.6 Å². The van der Waals surface area contributed by atoms with E-state index in [1.165, 1.54) is 23.5 Å². The van der Waals surface area contributed by atoms with Gasteiger partial charge in [-0.15, -0.1) is 0 Å². The second-order valence-corrected chi connectivity index (χ2v) is 6.97. The van der Waals surface area contributed by atoms with Crippen LogP contribution in [0.25, 0.3) is 0 Å². The minimum Gasteiger partial charge on any atom is -0.469 e. The van der Waals surface area contributed by atoms with Crippen molar-refractivity contribution in [2.24, 2.45) is 5.92 Å². The van der Waals surface area contributed by atoms with Crippen LogP contribution in [-0.4, -0.2) is 38.9 Å². The molecule has 0 bridgehead atoms. The molecule has 0 unspecified atom stereocenters. The lowest BCUT2D eigenvalue weighted by Crippen LogP contribution is -2.36. The first kappa shape index (κ1) is 17.6. The van der Waals surface area contributed by atoms with E-state index < -0.39 is 21.8 Å². The highest BCUT2D eigenvalue weighted by Crippen LogP contribution is 2.18. The van der Waals surface area contributed by atoms with E-state index in [-0.39, 0.29) is 30.3 Å². The summed E-state index contributed by atoms with van der Waals surface area (Å²) < 4.78 is 43.7. The molecule has 5 nitrogen and oxygen atoms in total. The van der Waals surface area contributed by atoms with E-state index in [4.69, 9.17) is 0 Å². The van der Waals surface area contributed by atoms with Crippen LogP contribution in [0.4, 0.5) is 4.39 Å². The topological polar surface area (TPSA) is 63.7 Å². The van der Waals surface area contributed by atoms with Crippen LogP contribution in [0.2, 0.25) is 0 Å². The average Bonchev–Trinajstić information content (AvgIpc) is 2.43. The number of benzene rings is 1. The first-order chi connectivity index (χ1) is 9.77. The minimum absolute atomic E-state index is 0.00872. The summed E-state index contributed by atoms with van der Waals surface area (Å²) in [6.07, 6.45) is -0.0242. The molecule has 0 aliphatic rings. The fourth-order valence-corrected chi connectivity index (χ4v) is 3.39. The molecule has 0 N–H and O–H groups in total. The average molecular weight is 317 g/mol. The molecule has 0 radical (unpaired) electrons. The maximum absolute atomic E-state index is 12.9. The van der Waals surface area contributed by atoms with Gasteiger partial charge in [-0.1, -0.05) is 13.8 Å². The van der Waals surface area contributed by atoms with Gasteiger partial charge in [-0.2, -0.15) is 4.31 Å². The lowest BCUT2D eigenvalue weighted by Gasteiger charge is -2.23. The van der Waals surface area contributed by atoms with Crippen molar-refractivity contribution in [1.29, 1.82) is 0 Å². The maximum atomic E-state index is 12.9. The Bertz CT molecular complexity index is 569. The Balaban J connectivity index is 2.99. The Morgan fingerprint density at radius 3 is 2.33 bits per heavy atom. The van der Waals surface area contributed by atoms with Gasteiger partial charge in [-0.3, -0.25) is 4.79 Å². The summed E-state index contributed by atoms with van der Waals surface area (Å²) in [5, 5.41) is 0. The van der Waals surface area contributed by atoms with E-state index >= 15 is 0 Å². The van der Waals surface area contributed by atoms with Crippen molar-refractivity contribution in [3.8, 4) is 0 Å². The molecule has 0 saturated heterocycles. The largest absolute Gasteiger partial charge is 0.469 e. The Morgan fingerprint density at radius 1 is 1.29 bits per heavy atom. The van der Waals surface area contributed by atoms with Crippen molar-refractivity contribution in [3.63, 3.8) is 0 Å². The second-order valence-electron chi connectivity index (χ2n) is 5.04. The summed E-state index contributed by atoms with van der Waals surface area (Å²) in [5.41, 5.74) is 0. The van der Waals surface area contributed by atoms with Gasteiger partial charge < -0.3 is 4.74 Å². The van der Waals surface area contributed by atoms with Gasteiger partial charge in [0.2, 0.25) is 10.0 Å². The lowest BCUT2D eigenvalue weighted by molar-refractivity contribution is -0.140. The van der Waals surface area contributed by atoms with Gasteiger partial charge in [-0.25, -0.2) is 12.8 Å². The molecule has 1 aromatic carbocycles. The number of halogens is 1. The number of methoxy groups -OCH3 is 1. The fourth-order valence-electron chi connectivity index (χ4n) is 1.79. The number of nitrogens with zero attached hydrogens (tertiary/aromatic N) is 1. The summed E-state index contributed by atoms with van der Waals surface area (Å²) >= 11 is 0. The van der Waals surface area contributed by atoms with Gasteiger partial charge in [-0.05, 0) is 30.2 Å². The highest BCUT2D eigenvalue weighted by molar-refractivity contribution is 7.89. The number of sulfonamides is 1. The lowest BCUT2D eigenvalue weighted by atomic mass is 10.2. The van der Waals surface area contributed by atoms with Crippen LogP contribution < -0.4 is 0 Å². The predicted molar refractivity (Wildman–Crippen MR) is 76.6 cm³/mol. The molecule has 0 aromatic heterocycles. The molecule has 118 valence electrons. The van der Waals surface area contributed by atoms with E-state index in [1.54, 1.807) is 0 Å². The number of carbonyl (C=O) groups is 1. The molecule has 1 aromatic rings. The first-order valence-corrected chi connectivity index (χ1v) is 8.04. The molecular weight excluding hydrogens is 297 g/mol. The summed E-state index contributed by atoms with van der Waals surface area (Å²) in [6, 6.07) is 4.63. The molecule has 0 heterocycles. The third-order valence-electron chi connectivity index (χ3n) is 2.81. The summed E-state index contributed by atoms with van der Waals surface area (Å²) in [6.45, 7) is 4.07. The summed E-state index contributed by atoms with van der Waals surface area (Å²) in [7, 11) is -2.50. The molecule has 0 amide bonds. The zero-order valence-electron chi connectivity index (χ0n) is 12.4. The Morgan fingerprint density at radius 2 is 1.86 bits per heavy atom. The van der Waals surface area contributed by atoms with Crippen LogP contribution in [0.1, 0.15) is 20.3 Å². The van der Waals surface area contributed by atoms with Gasteiger partial charge in [0, 0.05) is 13.1 Å². The molecule has 0 atom stereocenters. The van der Waals surface area contributed by atoms with Crippen LogP contribution >= 0.6 is 0 Å². The van der Waals surface area contributed by atoms with E-state index in [0.717, 1.165) is 12.1 Å². The van der Waals surface area contributed by atoms with Crippen LogP contribution in [0.15, 0.2) is 29.2 Å². The van der Waals surface area contributed by atoms with E-state index in [2.05, 4.69) is 4.74 Å². The smallest absolute Gasteiger partial charge is 0.306 e. The van der Waals surface area contributed by atoms with Crippen LogP contribution in [0.3, 0.4) is 0 Å². The number of hydrogen-bond acceptors (Lipinski definition) is 4. The highest BCUT2D eigenvalue weighted by Gasteiger charge is 2.25. The van der Waals surface area contributed by atoms with Crippen molar-refractivity contribution < 1.29 is 22.3 Å². The molecular formula is C14H20FNO4S. The van der Waals surface area contributed by atoms with Gasteiger partial charge >= 0.3 is 5.97 Å². The van der Waals surface area contributed by atoms with Gasteiger partial charge in [0.25, 0.3) is 0 Å². The molecule has 0 aliphatic heterocycles. The number of rotatable bonds is 7. The highest BCUT2D eigenvalue weighted by atomic mass is 32.2. The predicted octanol–water partition coefficient (Wildman–Crippen LogP) is 2.04. The Labute approximate surface area is 124 Å². The molecule has 0 spiro atoms. The first-order valence-electron chi connectivity index (χ1n) is 6.60. The third-order valence-corrected chi connectivity index (χ3v) is 4.69. The third kappa shape index (κ3) is 5.09. The second kappa shape index (κ2) is 7.51. The SMILES string of the molecule is COC(=O)CCN(CC(C)C)S(=O)(=O)c1ccc(F)cc1. The van der Waals surface area contributed by atoms with Crippen molar-refractivity contribution in [3.05, 3.63) is 30.1 Å². The van der Waals surface area contributed by atoms with E-state index in [1.807, 2.05) is 13.8 Å². The minimum atomic E-state index is -3.76. The van der Waals surface area contributed by atoms with Crippen LogP contribution in [-0.2, 0) is 19.6 Å². The molecule has 0 saturated carbocycles. The summed E-state index contributed by atoms with van der Waals surface area (Å²) in [5.74, 6) is -0.880. The van der Waals surface area contributed by atoms with Crippen molar-refractivity contribution in [1.82, 2.24) is 4.31 Å². The monoisotopic (exact) mass is 317 g/mol. The zero-order valence-corrected chi connectivity index (χ0v) is 13.2. The number of hydrogen-bond donors (Lipinski definition) is 0. The summed E-state index contributed by atoms with van der Waals surface area (Å²) in [4.78, 5) is 11.2. The number of ether oxygens (including phenoxy) is 1. The molecule has 1 rings (SSSR count). The van der Waals surface area contributed by atoms with Crippen molar-refractivity contribution in [2.75, 3.05) is 20.2 Å². The van der Waals surface area contributed by atoms with Gasteiger partial charge in [0.1, 0.15) is 5.82 Å². The quantitative estimate of drug-likeness (QED) is 0.722. The number of carbonyl (C=O) groups excluding carboxylic acids is 1. The Kier molecular flexibility index (Phi) is 6.29. The van der Waals surface area contributed by atoms with Gasteiger partial charge in [0.15, 0.2) is 0 Å². The van der Waals surface area contributed by atoms with Crippen LogP contribution in [0, 0.1) is 11.7 Å². The van der Waals surface area contributed by atoms with Crippen molar-refractivity contribution in [2.45, 2.75) is 25.2 Å². The Hall–Kier alpha value is -1.47. The number of esters is 1. The van der Waals surface area contributed by atoms with Crippen molar-refractivity contribution >= 4 is 16.0 Å². The molecule has 21 heavy (non-hydrogen) atoms. The fraction of sp³-hybridized carbons (Fsp3) is 0.500.